The fraction of sp³-hybridized carbons (Fsp3) is 1.00. The highest BCUT2D eigenvalue weighted by Crippen LogP contribution is 1.98. The van der Waals surface area contributed by atoms with E-state index in [1.54, 1.807) is 0 Å². The summed E-state index contributed by atoms with van der Waals surface area (Å²) in [5.41, 5.74) is 0. The third-order valence-corrected chi connectivity index (χ3v) is 1.65. The topological polar surface area (TPSA) is 18.5 Å². The highest BCUT2D eigenvalue weighted by Gasteiger charge is 1.95. The number of hydrogen-bond acceptors (Lipinski definition) is 2. The van der Waals surface area contributed by atoms with Crippen molar-refractivity contribution in [2.24, 2.45) is 0 Å². The minimum atomic E-state index is 0. The van der Waals surface area contributed by atoms with E-state index >= 15 is 0 Å². The van der Waals surface area contributed by atoms with Crippen molar-refractivity contribution in [1.29, 1.82) is 0 Å². The molecule has 0 spiro atoms. The van der Waals surface area contributed by atoms with Crippen LogP contribution in [-0.2, 0) is 9.47 Å². The SMILES string of the molecule is C1CCOC1.C1CCOC1.I.I. The summed E-state index contributed by atoms with van der Waals surface area (Å²) in [7, 11) is 0. The van der Waals surface area contributed by atoms with Crippen LogP contribution in [0.3, 0.4) is 0 Å². The average molecular weight is 400 g/mol. The first-order chi connectivity index (χ1) is 5.00. The first-order valence-corrected chi connectivity index (χ1v) is 4.15. The zero-order chi connectivity index (χ0) is 7.07. The van der Waals surface area contributed by atoms with Gasteiger partial charge in [0.2, 0.25) is 0 Å². The molecule has 4 heteroatoms. The van der Waals surface area contributed by atoms with Crippen molar-refractivity contribution >= 4 is 48.0 Å². The number of rotatable bonds is 0. The van der Waals surface area contributed by atoms with Gasteiger partial charge in [-0.3, -0.25) is 0 Å². The Balaban J connectivity index is 0. The van der Waals surface area contributed by atoms with E-state index in [1.807, 2.05) is 0 Å². The van der Waals surface area contributed by atoms with Crippen LogP contribution in [0.25, 0.3) is 0 Å². The molecule has 12 heavy (non-hydrogen) atoms. The van der Waals surface area contributed by atoms with Gasteiger partial charge in [0.05, 0.1) is 0 Å². The Hall–Kier alpha value is 1.38. The summed E-state index contributed by atoms with van der Waals surface area (Å²) < 4.78 is 9.89. The van der Waals surface area contributed by atoms with E-state index in [0.29, 0.717) is 0 Å². The van der Waals surface area contributed by atoms with Crippen LogP contribution in [-0.4, -0.2) is 26.4 Å². The zero-order valence-corrected chi connectivity index (χ0v) is 12.0. The summed E-state index contributed by atoms with van der Waals surface area (Å²) in [6.45, 7) is 4.00. The van der Waals surface area contributed by atoms with Gasteiger partial charge in [0.1, 0.15) is 0 Å². The van der Waals surface area contributed by atoms with Crippen LogP contribution in [0.5, 0.6) is 0 Å². The Bertz CT molecular complexity index is 48.2. The second kappa shape index (κ2) is 12.4. The summed E-state index contributed by atoms with van der Waals surface area (Å²) in [5.74, 6) is 0. The lowest BCUT2D eigenvalue weighted by atomic mass is 10.4. The minimum Gasteiger partial charge on any atom is -0.381 e. The monoisotopic (exact) mass is 400 g/mol. The number of hydrogen-bond donors (Lipinski definition) is 0. The van der Waals surface area contributed by atoms with E-state index < -0.39 is 0 Å². The van der Waals surface area contributed by atoms with Gasteiger partial charge >= 0.3 is 0 Å². The van der Waals surface area contributed by atoms with Gasteiger partial charge in [0, 0.05) is 26.4 Å². The van der Waals surface area contributed by atoms with Crippen LogP contribution in [0.4, 0.5) is 0 Å². The molecule has 2 aliphatic heterocycles. The Labute approximate surface area is 109 Å². The first-order valence-electron chi connectivity index (χ1n) is 4.15. The molecule has 0 amide bonds. The molecule has 0 aliphatic carbocycles. The Morgan fingerprint density at radius 1 is 0.500 bits per heavy atom. The van der Waals surface area contributed by atoms with Crippen molar-refractivity contribution in [2.75, 3.05) is 26.4 Å². The predicted molar refractivity (Wildman–Crippen MR) is 70.9 cm³/mol. The molecule has 0 atom stereocenters. The van der Waals surface area contributed by atoms with E-state index in [9.17, 15) is 0 Å². The molecule has 0 saturated carbocycles. The molecule has 2 heterocycles. The molecule has 0 N–H and O–H groups in total. The molecular formula is C8H18I2O2. The molecule has 2 aliphatic rings. The molecule has 0 bridgehead atoms. The van der Waals surface area contributed by atoms with Gasteiger partial charge in [-0.25, -0.2) is 0 Å². The van der Waals surface area contributed by atoms with Crippen LogP contribution in [0.2, 0.25) is 0 Å². The predicted octanol–water partition coefficient (Wildman–Crippen LogP) is 2.83. The quantitative estimate of drug-likeness (QED) is 0.583. The summed E-state index contributed by atoms with van der Waals surface area (Å²) in [6.07, 6.45) is 5.11. The van der Waals surface area contributed by atoms with E-state index in [0.717, 1.165) is 26.4 Å². The summed E-state index contributed by atoms with van der Waals surface area (Å²) >= 11 is 0. The first kappa shape index (κ1) is 15.8. The standard InChI is InChI=1S/2C4H8O.2HI/c2*1-2-4-5-3-1;;/h2*1-4H2;2*1H. The molecule has 0 aromatic heterocycles. The van der Waals surface area contributed by atoms with Crippen molar-refractivity contribution in [2.45, 2.75) is 25.7 Å². The van der Waals surface area contributed by atoms with Crippen LogP contribution in [0, 0.1) is 0 Å². The van der Waals surface area contributed by atoms with E-state index in [-0.39, 0.29) is 48.0 Å². The Morgan fingerprint density at radius 2 is 0.750 bits per heavy atom. The van der Waals surface area contributed by atoms with Crippen molar-refractivity contribution < 1.29 is 9.47 Å². The number of halogens is 2. The molecule has 0 aromatic rings. The molecule has 2 fully saturated rings. The smallest absolute Gasteiger partial charge is 0.0466 e. The molecule has 2 saturated heterocycles. The maximum Gasteiger partial charge on any atom is 0.0466 e. The van der Waals surface area contributed by atoms with Crippen molar-refractivity contribution in [3.63, 3.8) is 0 Å². The van der Waals surface area contributed by atoms with Gasteiger partial charge in [0.25, 0.3) is 0 Å². The lowest BCUT2D eigenvalue weighted by Gasteiger charge is -1.76. The second-order valence-electron chi connectivity index (χ2n) is 2.64. The Kier molecular flexibility index (Phi) is 16.3. The fourth-order valence-corrected chi connectivity index (χ4v) is 1.02. The molecule has 76 valence electrons. The normalized spacial score (nSPS) is 20.0. The maximum absolute atomic E-state index is 4.94. The van der Waals surface area contributed by atoms with Gasteiger partial charge in [-0.2, -0.15) is 0 Å². The van der Waals surface area contributed by atoms with Gasteiger partial charge in [-0.1, -0.05) is 0 Å². The van der Waals surface area contributed by atoms with E-state index in [4.69, 9.17) is 9.47 Å². The van der Waals surface area contributed by atoms with E-state index in [2.05, 4.69) is 0 Å². The average Bonchev–Trinajstić information content (AvgIpc) is 2.67. The van der Waals surface area contributed by atoms with Crippen LogP contribution in [0.15, 0.2) is 0 Å². The largest absolute Gasteiger partial charge is 0.381 e. The molecule has 0 aromatic carbocycles. The van der Waals surface area contributed by atoms with Crippen molar-refractivity contribution in [1.82, 2.24) is 0 Å². The molecule has 2 nitrogen and oxygen atoms in total. The zero-order valence-electron chi connectivity index (χ0n) is 7.29. The maximum atomic E-state index is 4.94. The Morgan fingerprint density at radius 3 is 0.833 bits per heavy atom. The summed E-state index contributed by atoms with van der Waals surface area (Å²) in [6, 6.07) is 0. The van der Waals surface area contributed by atoms with Crippen molar-refractivity contribution in [3.8, 4) is 0 Å². The van der Waals surface area contributed by atoms with Gasteiger partial charge < -0.3 is 9.47 Å². The second-order valence-corrected chi connectivity index (χ2v) is 2.64. The fourth-order valence-electron chi connectivity index (χ4n) is 1.02. The van der Waals surface area contributed by atoms with Crippen LogP contribution in [0.1, 0.15) is 25.7 Å². The lowest BCUT2D eigenvalue weighted by molar-refractivity contribution is 0.198. The van der Waals surface area contributed by atoms with Gasteiger partial charge in [-0.15, -0.1) is 48.0 Å². The minimum absolute atomic E-state index is 0. The van der Waals surface area contributed by atoms with E-state index in [1.165, 1.54) is 25.7 Å². The third-order valence-electron chi connectivity index (χ3n) is 1.65. The summed E-state index contributed by atoms with van der Waals surface area (Å²) in [5, 5.41) is 0. The highest BCUT2D eigenvalue weighted by atomic mass is 127. The van der Waals surface area contributed by atoms with Crippen molar-refractivity contribution in [3.05, 3.63) is 0 Å². The molecule has 2 rings (SSSR count). The molecule has 0 unspecified atom stereocenters. The number of ether oxygens (including phenoxy) is 2. The van der Waals surface area contributed by atoms with Crippen LogP contribution < -0.4 is 0 Å². The highest BCUT2D eigenvalue weighted by molar-refractivity contribution is 14.0. The van der Waals surface area contributed by atoms with Gasteiger partial charge in [-0.05, 0) is 25.7 Å². The van der Waals surface area contributed by atoms with Gasteiger partial charge in [0.15, 0.2) is 0 Å². The molecule has 0 radical (unpaired) electrons. The van der Waals surface area contributed by atoms with Crippen LogP contribution >= 0.6 is 48.0 Å². The lowest BCUT2D eigenvalue weighted by Crippen LogP contribution is -1.74. The third kappa shape index (κ3) is 9.47. The summed E-state index contributed by atoms with van der Waals surface area (Å²) in [4.78, 5) is 0. The molecular weight excluding hydrogens is 382 g/mol.